The predicted molar refractivity (Wildman–Crippen MR) is 169 cm³/mol. The van der Waals surface area contributed by atoms with Crippen LogP contribution in [0.25, 0.3) is 0 Å². The number of carbonyl (C=O) groups is 2. The number of aromatic nitrogens is 2. The molecule has 0 spiro atoms. The molecule has 14 heteroatoms. The Balaban J connectivity index is 1.56. The number of hydrogen-bond donors (Lipinski definition) is 3. The molecule has 10 nitrogen and oxygen atoms in total. The maximum absolute atomic E-state index is 13.5. The Bertz CT molecular complexity index is 1540. The van der Waals surface area contributed by atoms with Gasteiger partial charge in [-0.2, -0.15) is 0 Å². The highest BCUT2D eigenvalue weighted by Gasteiger charge is 2.24. The van der Waals surface area contributed by atoms with E-state index < -0.39 is 11.8 Å². The molecule has 0 radical (unpaired) electrons. The molecule has 3 N–H and O–H groups in total. The van der Waals surface area contributed by atoms with E-state index in [9.17, 15) is 14.7 Å². The second-order valence-electron chi connectivity index (χ2n) is 9.20. The van der Waals surface area contributed by atoms with Gasteiger partial charge in [0.1, 0.15) is 22.2 Å². The number of ether oxygens (including phenoxy) is 2. The number of aliphatic hydroxyl groups is 1. The Morgan fingerprint density at radius 3 is 2.56 bits per heavy atom. The summed E-state index contributed by atoms with van der Waals surface area (Å²) in [5.41, 5.74) is 0.896. The van der Waals surface area contributed by atoms with Crippen LogP contribution in [-0.4, -0.2) is 65.2 Å². The van der Waals surface area contributed by atoms with Crippen molar-refractivity contribution >= 4 is 69.5 Å². The van der Waals surface area contributed by atoms with E-state index >= 15 is 0 Å². The summed E-state index contributed by atoms with van der Waals surface area (Å²) in [6, 6.07) is 9.64. The highest BCUT2D eigenvalue weighted by molar-refractivity contribution is 7.13. The fourth-order valence-electron chi connectivity index (χ4n) is 3.85. The number of pyridine rings is 2. The van der Waals surface area contributed by atoms with Crippen LogP contribution in [0.1, 0.15) is 32.0 Å². The van der Waals surface area contributed by atoms with Crippen LogP contribution in [0.3, 0.4) is 0 Å². The molecule has 0 aliphatic heterocycles. The smallest absolute Gasteiger partial charge is 0.267 e. The zero-order chi connectivity index (χ0) is 30.8. The molecule has 0 unspecified atom stereocenters. The number of benzene rings is 1. The Kier molecular flexibility index (Phi) is 12.0. The second kappa shape index (κ2) is 15.9. The van der Waals surface area contributed by atoms with E-state index in [1.807, 2.05) is 11.9 Å². The minimum atomic E-state index is -0.582. The van der Waals surface area contributed by atoms with Crippen LogP contribution in [0.5, 0.6) is 11.5 Å². The van der Waals surface area contributed by atoms with Gasteiger partial charge in [0, 0.05) is 43.0 Å². The molecule has 43 heavy (non-hydrogen) atoms. The van der Waals surface area contributed by atoms with Gasteiger partial charge >= 0.3 is 0 Å². The highest BCUT2D eigenvalue weighted by atomic mass is 35.5. The van der Waals surface area contributed by atoms with E-state index in [-0.39, 0.29) is 51.0 Å². The lowest BCUT2D eigenvalue weighted by molar-refractivity contribution is 0.102. The summed E-state index contributed by atoms with van der Waals surface area (Å²) < 4.78 is 11.7. The Morgan fingerprint density at radius 2 is 1.84 bits per heavy atom. The average molecular weight is 665 g/mol. The summed E-state index contributed by atoms with van der Waals surface area (Å²) in [6.07, 6.45) is 5.15. The standard InChI is InChI=1S/C29H28Cl3N5O5S/c1-37(8-9-38)16-18-17-43-27(25(18)32)29(40)36-26-22(28(39)35-24-6-5-19(30)14-34-24)12-20(31)13-23(26)42-11-3-10-41-21-4-2-7-33-15-21/h2,4-7,12-15,17,38H,3,8-11,16H2,1H3,(H,36,40)(H,34,35,39). The number of rotatable bonds is 14. The Labute approximate surface area is 267 Å². The van der Waals surface area contributed by atoms with E-state index in [2.05, 4.69) is 20.6 Å². The Morgan fingerprint density at radius 1 is 1.02 bits per heavy atom. The van der Waals surface area contributed by atoms with Crippen LogP contribution < -0.4 is 20.1 Å². The lowest BCUT2D eigenvalue weighted by Crippen LogP contribution is -2.21. The fraction of sp³-hybridized carbons (Fsp3) is 0.241. The molecule has 4 rings (SSSR count). The minimum absolute atomic E-state index is 0.00306. The summed E-state index contributed by atoms with van der Waals surface area (Å²) in [7, 11) is 1.84. The minimum Gasteiger partial charge on any atom is -0.492 e. The van der Waals surface area contributed by atoms with Crippen molar-refractivity contribution < 1.29 is 24.2 Å². The van der Waals surface area contributed by atoms with Crippen LogP contribution in [0.2, 0.25) is 15.1 Å². The van der Waals surface area contributed by atoms with Crippen molar-refractivity contribution in [1.82, 2.24) is 14.9 Å². The van der Waals surface area contributed by atoms with E-state index in [1.54, 1.807) is 42.0 Å². The van der Waals surface area contributed by atoms with Crippen LogP contribution in [0.4, 0.5) is 11.5 Å². The first kappa shape index (κ1) is 32.5. The maximum Gasteiger partial charge on any atom is 0.267 e. The number of likely N-dealkylation sites (N-methyl/N-ethyl adjacent to an activating group) is 1. The number of aliphatic hydroxyl groups excluding tert-OH is 1. The predicted octanol–water partition coefficient (Wildman–Crippen LogP) is 6.27. The van der Waals surface area contributed by atoms with Crippen molar-refractivity contribution in [2.75, 3.05) is 44.0 Å². The maximum atomic E-state index is 13.5. The normalized spacial score (nSPS) is 10.9. The van der Waals surface area contributed by atoms with Gasteiger partial charge in [-0.15, -0.1) is 11.3 Å². The van der Waals surface area contributed by atoms with E-state index in [4.69, 9.17) is 44.3 Å². The number of nitrogens with zero attached hydrogens (tertiary/aromatic N) is 3. The van der Waals surface area contributed by atoms with Crippen LogP contribution in [-0.2, 0) is 6.54 Å². The number of amides is 2. The van der Waals surface area contributed by atoms with E-state index in [1.165, 1.54) is 29.7 Å². The lowest BCUT2D eigenvalue weighted by atomic mass is 10.1. The van der Waals surface area contributed by atoms with Gasteiger partial charge in [-0.05, 0) is 48.3 Å². The van der Waals surface area contributed by atoms with Gasteiger partial charge in [-0.3, -0.25) is 19.5 Å². The van der Waals surface area contributed by atoms with Crippen LogP contribution in [0.15, 0.2) is 60.4 Å². The molecule has 3 heterocycles. The summed E-state index contributed by atoms with van der Waals surface area (Å²) in [5.74, 6) is -0.0489. The molecule has 0 saturated heterocycles. The first-order chi connectivity index (χ1) is 20.7. The summed E-state index contributed by atoms with van der Waals surface area (Å²) in [5, 5.41) is 17.4. The molecule has 0 saturated carbocycles. The number of halogens is 3. The summed E-state index contributed by atoms with van der Waals surface area (Å²) in [4.78, 5) is 37.1. The number of anilines is 2. The Hall–Kier alpha value is -3.45. The first-order valence-corrected chi connectivity index (χ1v) is 15.0. The van der Waals surface area contributed by atoms with Crippen LogP contribution >= 0.6 is 46.1 Å². The molecule has 0 aliphatic carbocycles. The quantitative estimate of drug-likeness (QED) is 0.135. The molecule has 4 aromatic rings. The number of hydrogen-bond acceptors (Lipinski definition) is 9. The number of nitrogens with one attached hydrogen (secondary N) is 2. The molecule has 2 amide bonds. The molecule has 0 atom stereocenters. The van der Waals surface area contributed by atoms with Gasteiger partial charge in [0.15, 0.2) is 0 Å². The summed E-state index contributed by atoms with van der Waals surface area (Å²) in [6.45, 7) is 1.44. The highest BCUT2D eigenvalue weighted by Crippen LogP contribution is 2.36. The van der Waals surface area contributed by atoms with E-state index in [0.29, 0.717) is 36.9 Å². The monoisotopic (exact) mass is 663 g/mol. The van der Waals surface area contributed by atoms with Gasteiger partial charge in [-0.25, -0.2) is 4.98 Å². The zero-order valence-corrected chi connectivity index (χ0v) is 26.1. The number of thiophene rings is 1. The van der Waals surface area contributed by atoms with Gasteiger partial charge < -0.3 is 25.2 Å². The van der Waals surface area contributed by atoms with Gasteiger partial charge in [0.2, 0.25) is 0 Å². The third-order valence-electron chi connectivity index (χ3n) is 5.90. The molecule has 1 aromatic carbocycles. The molecule has 226 valence electrons. The zero-order valence-electron chi connectivity index (χ0n) is 23.0. The van der Waals surface area contributed by atoms with Gasteiger partial charge in [0.25, 0.3) is 11.8 Å². The van der Waals surface area contributed by atoms with Crippen molar-refractivity contribution in [1.29, 1.82) is 0 Å². The molecule has 0 aliphatic rings. The SMILES string of the molecule is CN(CCO)Cc1csc(C(=O)Nc2c(OCCCOc3cccnc3)cc(Cl)cc2C(=O)Nc2ccc(Cl)cn2)c1Cl. The number of carbonyl (C=O) groups excluding carboxylic acids is 2. The van der Waals surface area contributed by atoms with Crippen molar-refractivity contribution in [3.8, 4) is 11.5 Å². The second-order valence-corrected chi connectivity index (χ2v) is 11.3. The van der Waals surface area contributed by atoms with E-state index in [0.717, 1.165) is 5.56 Å². The average Bonchev–Trinajstić information content (AvgIpc) is 3.35. The topological polar surface area (TPSA) is 126 Å². The van der Waals surface area contributed by atoms with Crippen molar-refractivity contribution in [3.05, 3.63) is 91.4 Å². The van der Waals surface area contributed by atoms with Crippen molar-refractivity contribution in [2.24, 2.45) is 0 Å². The molecule has 0 bridgehead atoms. The van der Waals surface area contributed by atoms with Crippen molar-refractivity contribution in [3.63, 3.8) is 0 Å². The lowest BCUT2D eigenvalue weighted by Gasteiger charge is -2.17. The summed E-state index contributed by atoms with van der Waals surface area (Å²) >= 11 is 20.1. The first-order valence-electron chi connectivity index (χ1n) is 13.0. The van der Waals surface area contributed by atoms with Gasteiger partial charge in [-0.1, -0.05) is 34.8 Å². The molecular weight excluding hydrogens is 637 g/mol. The van der Waals surface area contributed by atoms with Crippen LogP contribution in [0, 0.1) is 0 Å². The molecular formula is C29H28Cl3N5O5S. The molecule has 0 fully saturated rings. The third kappa shape index (κ3) is 9.27. The largest absolute Gasteiger partial charge is 0.492 e. The van der Waals surface area contributed by atoms with Crippen molar-refractivity contribution in [2.45, 2.75) is 13.0 Å². The van der Waals surface area contributed by atoms with Gasteiger partial charge in [0.05, 0.1) is 47.3 Å². The fourth-order valence-corrected chi connectivity index (χ4v) is 5.41. The third-order valence-corrected chi connectivity index (χ3v) is 7.91. The molecule has 3 aromatic heterocycles.